The minimum Gasteiger partial charge on any atom is -0.310 e. The van der Waals surface area contributed by atoms with Crippen LogP contribution in [-0.2, 0) is 0 Å². The fourth-order valence-corrected chi connectivity index (χ4v) is 0.635. The highest BCUT2D eigenvalue weighted by molar-refractivity contribution is 5.79. The number of aliphatic imine (C=N–C) groups is 1. The van der Waals surface area contributed by atoms with Gasteiger partial charge >= 0.3 is 0 Å². The van der Waals surface area contributed by atoms with Crippen LogP contribution in [0.5, 0.6) is 0 Å². The third-order valence-corrected chi connectivity index (χ3v) is 1.25. The summed E-state index contributed by atoms with van der Waals surface area (Å²) in [7, 11) is 0. The molecule has 0 amide bonds. The number of rotatable bonds is 6. The molecule has 0 saturated carbocycles. The highest BCUT2D eigenvalue weighted by Crippen LogP contribution is 1.79. The van der Waals surface area contributed by atoms with E-state index < -0.39 is 0 Å². The summed E-state index contributed by atoms with van der Waals surface area (Å²) in [5.41, 5.74) is 2.27. The van der Waals surface area contributed by atoms with E-state index in [0.29, 0.717) is 0 Å². The Morgan fingerprint density at radius 3 is 1.68 bits per heavy atom. The van der Waals surface area contributed by atoms with Crippen LogP contribution < -0.4 is 5.32 Å². The molecule has 0 unspecified atom stereocenters. The topological polar surface area (TPSA) is 24.4 Å². The molecule has 0 aliphatic carbocycles. The van der Waals surface area contributed by atoms with Crippen molar-refractivity contribution in [3.8, 4) is 0 Å². The van der Waals surface area contributed by atoms with Crippen LogP contribution in [0.4, 0.5) is 0 Å². The van der Waals surface area contributed by atoms with Crippen molar-refractivity contribution in [3.05, 3.63) is 37.5 Å². The number of nitrogens with zero attached hydrogens (tertiary/aromatic N) is 1. The van der Waals surface area contributed by atoms with Gasteiger partial charge in [-0.15, -0.1) is 13.2 Å². The third kappa shape index (κ3) is 60.3. The maximum absolute atomic E-state index is 4.04. The molecule has 0 bridgehead atoms. The van der Waals surface area contributed by atoms with E-state index in [-0.39, 0.29) is 29.7 Å². The summed E-state index contributed by atoms with van der Waals surface area (Å²) in [5.74, 6) is 0. The van der Waals surface area contributed by atoms with Crippen molar-refractivity contribution < 1.29 is 0 Å². The minimum absolute atomic E-state index is 0. The first-order valence-electron chi connectivity index (χ1n) is 5.09. The monoisotopic (exact) mass is 272 g/mol. The lowest BCUT2D eigenvalue weighted by Gasteiger charge is -1.97. The molecule has 19 heavy (non-hydrogen) atoms. The second-order valence-electron chi connectivity index (χ2n) is 3.45. The van der Waals surface area contributed by atoms with E-state index in [2.05, 4.69) is 30.0 Å². The van der Waals surface area contributed by atoms with Crippen molar-refractivity contribution in [1.82, 2.24) is 5.32 Å². The van der Waals surface area contributed by atoms with Crippen LogP contribution in [0.2, 0.25) is 0 Å². The molecule has 0 atom stereocenters. The molecule has 0 spiro atoms. The van der Waals surface area contributed by atoms with E-state index in [0.717, 1.165) is 30.9 Å². The summed E-state index contributed by atoms with van der Waals surface area (Å²) in [6.45, 7) is 19.3. The van der Waals surface area contributed by atoms with Crippen molar-refractivity contribution >= 4 is 5.71 Å². The molecule has 0 aliphatic heterocycles. The molecule has 1 N–H and O–H groups in total. The van der Waals surface area contributed by atoms with Crippen molar-refractivity contribution in [2.45, 2.75) is 50.5 Å². The summed E-state index contributed by atoms with van der Waals surface area (Å²) in [5, 5.41) is 3.12. The van der Waals surface area contributed by atoms with Crippen molar-refractivity contribution in [1.29, 1.82) is 0 Å². The van der Waals surface area contributed by atoms with Crippen LogP contribution in [0.25, 0.3) is 0 Å². The molecule has 0 aromatic heterocycles. The van der Waals surface area contributed by atoms with Crippen LogP contribution in [0, 0.1) is 0 Å². The predicted octanol–water partition coefficient (Wildman–Crippen LogP) is 5.54. The number of hydrogen-bond donors (Lipinski definition) is 1. The van der Waals surface area contributed by atoms with Crippen LogP contribution in [-0.4, -0.2) is 25.3 Å². The maximum Gasteiger partial charge on any atom is 0.0566 e. The van der Waals surface area contributed by atoms with Gasteiger partial charge in [0.2, 0.25) is 0 Å². The third-order valence-electron chi connectivity index (χ3n) is 1.25. The summed E-state index contributed by atoms with van der Waals surface area (Å²) >= 11 is 0. The Hall–Kier alpha value is -1.15. The summed E-state index contributed by atoms with van der Waals surface area (Å²) < 4.78 is 0. The Kier molecular flexibility index (Phi) is 57.3. The molecule has 0 radical (unpaired) electrons. The van der Waals surface area contributed by atoms with Crippen molar-refractivity contribution in [2.75, 3.05) is 19.6 Å². The molecule has 118 valence electrons. The number of hydrogen-bond acceptors (Lipinski definition) is 2. The second kappa shape index (κ2) is 30.1. The van der Waals surface area contributed by atoms with Gasteiger partial charge < -0.3 is 5.32 Å². The average Bonchev–Trinajstić information content (AvgIpc) is 2.15. The van der Waals surface area contributed by atoms with E-state index in [1.807, 2.05) is 26.8 Å². The normalized spacial score (nSPS) is 6.47. The van der Waals surface area contributed by atoms with Crippen LogP contribution in [0.15, 0.2) is 42.5 Å². The van der Waals surface area contributed by atoms with Crippen LogP contribution >= 0.6 is 0 Å². The molecular formula is C17H40N2. The molecule has 0 aliphatic rings. The maximum atomic E-state index is 4.04. The quantitative estimate of drug-likeness (QED) is 0.383. The highest BCUT2D eigenvalue weighted by atomic mass is 14.8. The first-order chi connectivity index (χ1) is 7.04. The van der Waals surface area contributed by atoms with Gasteiger partial charge in [0.05, 0.1) is 6.54 Å². The summed E-state index contributed by atoms with van der Waals surface area (Å²) in [4.78, 5) is 4.04. The summed E-state index contributed by atoms with van der Waals surface area (Å²) in [6, 6.07) is 0. The Bertz CT molecular complexity index is 211. The van der Waals surface area contributed by atoms with Crippen molar-refractivity contribution in [3.63, 3.8) is 0 Å². The average molecular weight is 273 g/mol. The standard InChI is InChI=1S/C7H13N.C6H11N.4CH4/c1-4-5-8-6-7(2)3;1-4-5-7-6(2)3;;;;/h4,8H,1-2,5-6H2,3H3;4H,1,5H2,2-3H3;4*1H4. The zero-order valence-corrected chi connectivity index (χ0v) is 10.3. The molecule has 0 aromatic carbocycles. The van der Waals surface area contributed by atoms with Gasteiger partial charge in [0.15, 0.2) is 0 Å². The SMILES string of the molecule is C.C.C.C.C=CCN=C(C)C.C=CCNCC(=C)C. The first-order valence-corrected chi connectivity index (χ1v) is 5.09. The fourth-order valence-electron chi connectivity index (χ4n) is 0.635. The Morgan fingerprint density at radius 2 is 1.47 bits per heavy atom. The zero-order chi connectivity index (χ0) is 12.1. The van der Waals surface area contributed by atoms with E-state index in [1.165, 1.54) is 0 Å². The first kappa shape index (κ1) is 36.1. The van der Waals surface area contributed by atoms with Crippen LogP contribution in [0.3, 0.4) is 0 Å². The number of nitrogens with one attached hydrogen (secondary N) is 1. The highest BCUT2D eigenvalue weighted by Gasteiger charge is 1.79. The molecule has 2 nitrogen and oxygen atoms in total. The van der Waals surface area contributed by atoms with Gasteiger partial charge in [-0.3, -0.25) is 4.99 Å². The Balaban J connectivity index is -0.0000000369. The Morgan fingerprint density at radius 1 is 1.00 bits per heavy atom. The molecule has 2 heteroatoms. The largest absolute Gasteiger partial charge is 0.310 e. The van der Waals surface area contributed by atoms with E-state index in [1.54, 1.807) is 6.08 Å². The van der Waals surface area contributed by atoms with E-state index >= 15 is 0 Å². The van der Waals surface area contributed by atoms with Gasteiger partial charge in [-0.25, -0.2) is 0 Å². The van der Waals surface area contributed by atoms with E-state index in [4.69, 9.17) is 0 Å². The lowest BCUT2D eigenvalue weighted by atomic mass is 10.3. The summed E-state index contributed by atoms with van der Waals surface area (Å²) in [6.07, 6.45) is 3.62. The molecule has 0 rings (SSSR count). The van der Waals surface area contributed by atoms with E-state index in [9.17, 15) is 0 Å². The van der Waals surface area contributed by atoms with Gasteiger partial charge in [0.25, 0.3) is 0 Å². The molecular weight excluding hydrogens is 232 g/mol. The molecule has 0 fully saturated rings. The Labute approximate surface area is 124 Å². The second-order valence-corrected chi connectivity index (χ2v) is 3.45. The van der Waals surface area contributed by atoms with Crippen molar-refractivity contribution in [2.24, 2.45) is 4.99 Å². The van der Waals surface area contributed by atoms with Gasteiger partial charge in [0.1, 0.15) is 0 Å². The predicted molar refractivity (Wildman–Crippen MR) is 98.7 cm³/mol. The fraction of sp³-hybridized carbons (Fsp3) is 0.588. The lowest BCUT2D eigenvalue weighted by molar-refractivity contribution is 0.817. The van der Waals surface area contributed by atoms with Gasteiger partial charge in [-0.1, -0.05) is 54.0 Å². The van der Waals surface area contributed by atoms with Crippen LogP contribution in [0.1, 0.15) is 50.5 Å². The molecule has 0 heterocycles. The zero-order valence-electron chi connectivity index (χ0n) is 10.3. The smallest absolute Gasteiger partial charge is 0.0566 e. The molecule has 0 aromatic rings. The minimum atomic E-state index is 0. The van der Waals surface area contributed by atoms with Gasteiger partial charge in [-0.2, -0.15) is 0 Å². The lowest BCUT2D eigenvalue weighted by Crippen LogP contribution is -2.14. The molecule has 0 saturated heterocycles. The van der Waals surface area contributed by atoms with Gasteiger partial charge in [0, 0.05) is 18.8 Å². The van der Waals surface area contributed by atoms with Gasteiger partial charge in [-0.05, 0) is 20.8 Å².